The molecule has 0 aliphatic rings. The molecule has 2 aromatic carbocycles. The van der Waals surface area contributed by atoms with Gasteiger partial charge in [-0.25, -0.2) is 9.97 Å². The molecule has 0 N–H and O–H groups in total. The number of nitrogens with zero attached hydrogens (tertiary/aromatic N) is 3. The summed E-state index contributed by atoms with van der Waals surface area (Å²) < 4.78 is 2.02. The minimum absolute atomic E-state index is 0.483. The summed E-state index contributed by atoms with van der Waals surface area (Å²) in [7, 11) is 0. The van der Waals surface area contributed by atoms with Gasteiger partial charge in [0.25, 0.3) is 0 Å². The standard InChI is InChI=1S/C22H20ClN3S/c1-14(2)27-19-10-9-17(13-18(19)23)21-20(16-7-5-15(3)6-8-16)25-22-24-11-4-12-26(21)22/h4-14H,1-3H3. The summed E-state index contributed by atoms with van der Waals surface area (Å²) >= 11 is 8.36. The highest BCUT2D eigenvalue weighted by Crippen LogP contribution is 2.37. The molecule has 0 radical (unpaired) electrons. The van der Waals surface area contributed by atoms with Crippen molar-refractivity contribution in [2.24, 2.45) is 0 Å². The van der Waals surface area contributed by atoms with Crippen molar-refractivity contribution in [3.05, 3.63) is 71.5 Å². The fourth-order valence-corrected chi connectivity index (χ4v) is 4.21. The molecule has 0 amide bonds. The third-order valence-corrected chi connectivity index (χ3v) is 5.80. The highest BCUT2D eigenvalue weighted by molar-refractivity contribution is 8.00. The Morgan fingerprint density at radius 3 is 2.48 bits per heavy atom. The molecule has 136 valence electrons. The van der Waals surface area contributed by atoms with Crippen LogP contribution in [-0.4, -0.2) is 19.6 Å². The molecular formula is C22H20ClN3S. The molecule has 0 aliphatic carbocycles. The van der Waals surface area contributed by atoms with Crippen LogP contribution in [0.4, 0.5) is 0 Å². The molecule has 0 spiro atoms. The van der Waals surface area contributed by atoms with Gasteiger partial charge in [0.1, 0.15) is 0 Å². The number of halogens is 1. The molecule has 4 aromatic rings. The zero-order valence-electron chi connectivity index (χ0n) is 15.5. The van der Waals surface area contributed by atoms with E-state index < -0.39 is 0 Å². The van der Waals surface area contributed by atoms with E-state index in [4.69, 9.17) is 16.6 Å². The number of thioether (sulfide) groups is 1. The van der Waals surface area contributed by atoms with Crippen LogP contribution >= 0.6 is 23.4 Å². The average Bonchev–Trinajstić information content (AvgIpc) is 3.03. The SMILES string of the molecule is Cc1ccc(-c2nc3ncccn3c2-c2ccc(SC(C)C)c(Cl)c2)cc1. The van der Waals surface area contributed by atoms with Crippen molar-refractivity contribution in [2.45, 2.75) is 30.9 Å². The van der Waals surface area contributed by atoms with Gasteiger partial charge in [-0.15, -0.1) is 11.8 Å². The van der Waals surface area contributed by atoms with Gasteiger partial charge >= 0.3 is 0 Å². The van der Waals surface area contributed by atoms with E-state index in [0.717, 1.165) is 32.4 Å². The molecule has 2 heterocycles. The molecule has 5 heteroatoms. The molecule has 27 heavy (non-hydrogen) atoms. The number of hydrogen-bond acceptors (Lipinski definition) is 3. The summed E-state index contributed by atoms with van der Waals surface area (Å²) in [4.78, 5) is 10.3. The van der Waals surface area contributed by atoms with Gasteiger partial charge in [0, 0.05) is 33.7 Å². The number of aryl methyl sites for hydroxylation is 1. The lowest BCUT2D eigenvalue weighted by Gasteiger charge is -2.10. The van der Waals surface area contributed by atoms with E-state index in [2.05, 4.69) is 62.2 Å². The van der Waals surface area contributed by atoms with Gasteiger partial charge in [0.15, 0.2) is 0 Å². The Morgan fingerprint density at radius 2 is 1.78 bits per heavy atom. The molecule has 0 aliphatic heterocycles. The minimum atomic E-state index is 0.483. The Kier molecular flexibility index (Phi) is 4.94. The van der Waals surface area contributed by atoms with Crippen LogP contribution in [0.5, 0.6) is 0 Å². The van der Waals surface area contributed by atoms with Crippen molar-refractivity contribution in [3.63, 3.8) is 0 Å². The van der Waals surface area contributed by atoms with Gasteiger partial charge in [0.05, 0.1) is 16.4 Å². The van der Waals surface area contributed by atoms with E-state index in [9.17, 15) is 0 Å². The normalized spacial score (nSPS) is 11.4. The van der Waals surface area contributed by atoms with Crippen LogP contribution in [0, 0.1) is 6.92 Å². The van der Waals surface area contributed by atoms with Gasteiger partial charge in [0.2, 0.25) is 5.78 Å². The largest absolute Gasteiger partial charge is 0.283 e. The second kappa shape index (κ2) is 7.37. The van der Waals surface area contributed by atoms with Gasteiger partial charge in [-0.3, -0.25) is 4.40 Å². The van der Waals surface area contributed by atoms with E-state index in [1.54, 1.807) is 18.0 Å². The van der Waals surface area contributed by atoms with Crippen molar-refractivity contribution in [3.8, 4) is 22.5 Å². The van der Waals surface area contributed by atoms with Crippen LogP contribution in [0.1, 0.15) is 19.4 Å². The maximum absolute atomic E-state index is 6.59. The Bertz CT molecular complexity index is 1100. The molecule has 4 rings (SSSR count). The molecule has 0 fully saturated rings. The molecule has 3 nitrogen and oxygen atoms in total. The highest BCUT2D eigenvalue weighted by atomic mass is 35.5. The number of benzene rings is 2. The molecule has 2 aromatic heterocycles. The molecule has 0 saturated heterocycles. The highest BCUT2D eigenvalue weighted by Gasteiger charge is 2.17. The number of aromatic nitrogens is 3. The van der Waals surface area contributed by atoms with Crippen molar-refractivity contribution in [2.75, 3.05) is 0 Å². The van der Waals surface area contributed by atoms with E-state index in [-0.39, 0.29) is 0 Å². The third-order valence-electron chi connectivity index (χ3n) is 4.30. The Balaban J connectivity index is 1.91. The monoisotopic (exact) mass is 393 g/mol. The molecule has 0 saturated carbocycles. The third kappa shape index (κ3) is 3.60. The van der Waals surface area contributed by atoms with Crippen LogP contribution in [-0.2, 0) is 0 Å². The summed E-state index contributed by atoms with van der Waals surface area (Å²) in [5.41, 5.74) is 5.24. The maximum Gasteiger partial charge on any atom is 0.234 e. The van der Waals surface area contributed by atoms with Crippen LogP contribution in [0.2, 0.25) is 5.02 Å². The Morgan fingerprint density at radius 1 is 1.04 bits per heavy atom. The van der Waals surface area contributed by atoms with E-state index >= 15 is 0 Å². The van der Waals surface area contributed by atoms with Crippen molar-refractivity contribution < 1.29 is 0 Å². The van der Waals surface area contributed by atoms with Crippen LogP contribution < -0.4 is 0 Å². The summed E-state index contributed by atoms with van der Waals surface area (Å²) in [5, 5.41) is 1.25. The van der Waals surface area contributed by atoms with Gasteiger partial charge < -0.3 is 0 Å². The summed E-state index contributed by atoms with van der Waals surface area (Å²) in [5.74, 6) is 0.680. The Hall–Kier alpha value is -2.30. The van der Waals surface area contributed by atoms with Gasteiger partial charge in [-0.2, -0.15) is 0 Å². The van der Waals surface area contributed by atoms with E-state index in [0.29, 0.717) is 11.0 Å². The quantitative estimate of drug-likeness (QED) is 0.369. The van der Waals surface area contributed by atoms with Crippen molar-refractivity contribution >= 4 is 29.1 Å². The van der Waals surface area contributed by atoms with Crippen LogP contribution in [0.15, 0.2) is 65.8 Å². The lowest BCUT2D eigenvalue weighted by Crippen LogP contribution is -1.92. The summed E-state index contributed by atoms with van der Waals surface area (Å²) in [6, 6.07) is 16.6. The zero-order chi connectivity index (χ0) is 19.0. The topological polar surface area (TPSA) is 30.2 Å². The summed E-state index contributed by atoms with van der Waals surface area (Å²) in [6.07, 6.45) is 3.76. The first kappa shape index (κ1) is 18.1. The first-order valence-corrected chi connectivity index (χ1v) is 10.2. The van der Waals surface area contributed by atoms with Gasteiger partial charge in [-0.1, -0.05) is 61.3 Å². The Labute approximate surface area is 168 Å². The summed E-state index contributed by atoms with van der Waals surface area (Å²) in [6.45, 7) is 6.42. The molecule has 0 atom stereocenters. The fourth-order valence-electron chi connectivity index (χ4n) is 3.07. The van der Waals surface area contributed by atoms with Crippen LogP contribution in [0.3, 0.4) is 0 Å². The number of rotatable bonds is 4. The second-order valence-corrected chi connectivity index (χ2v) is 8.80. The molecule has 0 unspecified atom stereocenters. The predicted molar refractivity (Wildman–Crippen MR) is 115 cm³/mol. The zero-order valence-corrected chi connectivity index (χ0v) is 17.1. The maximum atomic E-state index is 6.59. The lowest BCUT2D eigenvalue weighted by atomic mass is 10.0. The molecule has 0 bridgehead atoms. The molecular weight excluding hydrogens is 374 g/mol. The predicted octanol–water partition coefficient (Wildman–Crippen LogP) is 6.53. The lowest BCUT2D eigenvalue weighted by molar-refractivity contribution is 1.11. The number of imidazole rings is 1. The van der Waals surface area contributed by atoms with E-state index in [1.807, 2.05) is 22.7 Å². The minimum Gasteiger partial charge on any atom is -0.283 e. The van der Waals surface area contributed by atoms with Gasteiger partial charge in [-0.05, 0) is 25.1 Å². The van der Waals surface area contributed by atoms with Crippen molar-refractivity contribution in [1.82, 2.24) is 14.4 Å². The number of fused-ring (bicyclic) bond motifs is 1. The van der Waals surface area contributed by atoms with Crippen molar-refractivity contribution in [1.29, 1.82) is 0 Å². The smallest absolute Gasteiger partial charge is 0.234 e. The second-order valence-electron chi connectivity index (χ2n) is 6.78. The van der Waals surface area contributed by atoms with E-state index in [1.165, 1.54) is 5.56 Å². The fraction of sp³-hybridized carbons (Fsp3) is 0.182. The van der Waals surface area contributed by atoms with Crippen LogP contribution in [0.25, 0.3) is 28.3 Å². The first-order chi connectivity index (χ1) is 13.0. The average molecular weight is 394 g/mol. The first-order valence-electron chi connectivity index (χ1n) is 8.89. The number of hydrogen-bond donors (Lipinski definition) is 0.